The summed E-state index contributed by atoms with van der Waals surface area (Å²) in [5, 5.41) is 6.33. The molecule has 0 amide bonds. The zero-order chi connectivity index (χ0) is 20.0. The van der Waals surface area contributed by atoms with Gasteiger partial charge in [0.1, 0.15) is 11.8 Å². The van der Waals surface area contributed by atoms with Crippen LogP contribution in [-0.2, 0) is 13.8 Å². The molecule has 1 saturated heterocycles. The van der Waals surface area contributed by atoms with Crippen LogP contribution in [0.15, 0.2) is 33.6 Å². The molecule has 0 radical (unpaired) electrons. The van der Waals surface area contributed by atoms with E-state index in [0.29, 0.717) is 5.56 Å². The SMILES string of the molecule is C=CCNP(=O)(CCl)OC[C@H]1O[C@@H](n2cc(C)c(=O)[nH]c2=O)CC1N=[N+]=[N-]. The molecule has 2 N–H and O–H groups in total. The Morgan fingerprint density at radius 2 is 2.41 bits per heavy atom. The fourth-order valence-corrected chi connectivity index (χ4v) is 4.04. The van der Waals surface area contributed by atoms with E-state index in [9.17, 15) is 14.2 Å². The zero-order valence-corrected chi connectivity index (χ0v) is 16.2. The highest BCUT2D eigenvalue weighted by Gasteiger charge is 2.38. The molecule has 1 aliphatic heterocycles. The van der Waals surface area contributed by atoms with Gasteiger partial charge in [-0.15, -0.1) is 18.2 Å². The molecule has 2 unspecified atom stereocenters. The molecule has 2 heterocycles. The topological polar surface area (TPSA) is 151 Å². The predicted molar refractivity (Wildman–Crippen MR) is 100.0 cm³/mol. The molecule has 11 nitrogen and oxygen atoms in total. The van der Waals surface area contributed by atoms with Crippen LogP contribution in [0.5, 0.6) is 0 Å². The lowest BCUT2D eigenvalue weighted by Gasteiger charge is -2.21. The number of alkyl halides is 1. The maximum atomic E-state index is 12.5. The summed E-state index contributed by atoms with van der Waals surface area (Å²) in [6.07, 6.45) is 1.56. The molecule has 4 atom stereocenters. The smallest absolute Gasteiger partial charge is 0.330 e. The number of ether oxygens (including phenoxy) is 1. The highest BCUT2D eigenvalue weighted by molar-refractivity contribution is 7.58. The Balaban J connectivity index is 2.17. The van der Waals surface area contributed by atoms with Crippen molar-refractivity contribution in [3.05, 3.63) is 55.7 Å². The van der Waals surface area contributed by atoms with Gasteiger partial charge in [-0.1, -0.05) is 11.2 Å². The van der Waals surface area contributed by atoms with Crippen LogP contribution in [0.25, 0.3) is 10.4 Å². The predicted octanol–water partition coefficient (Wildman–Crippen LogP) is 1.99. The van der Waals surface area contributed by atoms with Gasteiger partial charge in [-0.25, -0.2) is 9.88 Å². The van der Waals surface area contributed by atoms with Crippen LogP contribution in [-0.4, -0.2) is 40.5 Å². The van der Waals surface area contributed by atoms with Crippen molar-refractivity contribution < 1.29 is 13.8 Å². The fourth-order valence-electron chi connectivity index (χ4n) is 2.54. The van der Waals surface area contributed by atoms with Crippen LogP contribution in [0.3, 0.4) is 0 Å². The molecule has 27 heavy (non-hydrogen) atoms. The van der Waals surface area contributed by atoms with E-state index in [4.69, 9.17) is 26.4 Å². The summed E-state index contributed by atoms with van der Waals surface area (Å²) in [6.45, 7) is 5.15. The van der Waals surface area contributed by atoms with E-state index in [1.807, 2.05) is 0 Å². The average molecular weight is 419 g/mol. The molecule has 1 aliphatic rings. The minimum atomic E-state index is -3.32. The summed E-state index contributed by atoms with van der Waals surface area (Å²) < 4.78 is 24.9. The number of azide groups is 1. The van der Waals surface area contributed by atoms with Crippen molar-refractivity contribution in [1.29, 1.82) is 0 Å². The monoisotopic (exact) mass is 418 g/mol. The molecular weight excluding hydrogens is 399 g/mol. The van der Waals surface area contributed by atoms with Gasteiger partial charge in [0, 0.05) is 29.6 Å². The molecular formula is C14H20ClN6O5P. The second kappa shape index (κ2) is 9.36. The summed E-state index contributed by atoms with van der Waals surface area (Å²) >= 11 is 5.72. The highest BCUT2D eigenvalue weighted by atomic mass is 35.5. The molecule has 0 aromatic carbocycles. The van der Waals surface area contributed by atoms with Crippen LogP contribution >= 0.6 is 19.1 Å². The van der Waals surface area contributed by atoms with Gasteiger partial charge in [-0.3, -0.25) is 18.9 Å². The number of hydrogen-bond donors (Lipinski definition) is 2. The first-order chi connectivity index (χ1) is 12.8. The average Bonchev–Trinajstić information content (AvgIpc) is 3.04. The number of aromatic nitrogens is 2. The standard InChI is InChI=1S/C14H20ClN6O5P/c1-3-4-17-27(24,8-15)25-7-11-10(19-20-16)5-12(26-11)21-6-9(2)13(22)18-14(21)23/h3,6,10-12H,1,4-5,7-8H2,2H3,(H,17,24)(H,18,22,23)/t10?,11-,12-,27?/m1/s1. The Morgan fingerprint density at radius 1 is 1.67 bits per heavy atom. The van der Waals surface area contributed by atoms with E-state index >= 15 is 0 Å². The molecule has 0 aliphatic carbocycles. The number of H-pyrrole nitrogens is 1. The lowest BCUT2D eigenvalue weighted by Crippen LogP contribution is -2.33. The fraction of sp³-hybridized carbons (Fsp3) is 0.571. The number of aromatic amines is 1. The quantitative estimate of drug-likeness (QED) is 0.156. The highest BCUT2D eigenvalue weighted by Crippen LogP contribution is 2.44. The van der Waals surface area contributed by atoms with E-state index < -0.39 is 37.1 Å². The normalized spacial score (nSPS) is 24.1. The number of halogens is 1. The van der Waals surface area contributed by atoms with Crippen LogP contribution < -0.4 is 16.3 Å². The van der Waals surface area contributed by atoms with E-state index in [2.05, 4.69) is 26.7 Å². The first kappa shape index (κ1) is 21.4. The number of nitrogens with one attached hydrogen (secondary N) is 2. The van der Waals surface area contributed by atoms with Crippen LogP contribution in [0.2, 0.25) is 0 Å². The molecule has 0 spiro atoms. The molecule has 0 saturated carbocycles. The summed E-state index contributed by atoms with van der Waals surface area (Å²) in [6, 6.07) is -0.651. The van der Waals surface area contributed by atoms with Crippen molar-refractivity contribution in [2.75, 3.05) is 18.8 Å². The van der Waals surface area contributed by atoms with Gasteiger partial charge in [-0.05, 0) is 12.5 Å². The first-order valence-electron chi connectivity index (χ1n) is 8.01. The molecule has 1 aromatic heterocycles. The third kappa shape index (κ3) is 5.32. The Bertz CT molecular complexity index is 895. The van der Waals surface area contributed by atoms with Gasteiger partial charge in [0.25, 0.3) is 13.1 Å². The number of rotatable bonds is 9. The largest absolute Gasteiger partial charge is 0.352 e. The van der Waals surface area contributed by atoms with Crippen molar-refractivity contribution in [2.45, 2.75) is 31.7 Å². The molecule has 13 heteroatoms. The maximum Gasteiger partial charge on any atom is 0.330 e. The summed E-state index contributed by atoms with van der Waals surface area (Å²) in [4.78, 5) is 28.5. The number of aryl methyl sites for hydroxylation is 1. The second-order valence-electron chi connectivity index (χ2n) is 5.86. The lowest BCUT2D eigenvalue weighted by molar-refractivity contribution is -0.0222. The molecule has 1 fully saturated rings. The maximum absolute atomic E-state index is 12.5. The molecule has 2 rings (SSSR count). The Kier molecular flexibility index (Phi) is 7.43. The van der Waals surface area contributed by atoms with Crippen molar-refractivity contribution in [1.82, 2.24) is 14.6 Å². The van der Waals surface area contributed by atoms with Gasteiger partial charge in [-0.2, -0.15) is 0 Å². The van der Waals surface area contributed by atoms with E-state index in [1.54, 1.807) is 6.92 Å². The summed E-state index contributed by atoms with van der Waals surface area (Å²) in [5.74, 6) is 0. The van der Waals surface area contributed by atoms with Gasteiger partial charge < -0.3 is 9.26 Å². The van der Waals surface area contributed by atoms with Gasteiger partial charge in [0.05, 0.1) is 18.8 Å². The number of nitrogens with zero attached hydrogens (tertiary/aromatic N) is 4. The third-order valence-electron chi connectivity index (χ3n) is 3.94. The zero-order valence-electron chi connectivity index (χ0n) is 14.6. The van der Waals surface area contributed by atoms with Crippen LogP contribution in [0, 0.1) is 6.92 Å². The Hall–Kier alpha value is -1.87. The minimum absolute atomic E-state index is 0.161. The van der Waals surface area contributed by atoms with Gasteiger partial charge in [0.2, 0.25) is 0 Å². The minimum Gasteiger partial charge on any atom is -0.352 e. The number of hydrogen-bond acceptors (Lipinski definition) is 6. The van der Waals surface area contributed by atoms with Crippen molar-refractivity contribution >= 4 is 19.1 Å². The van der Waals surface area contributed by atoms with E-state index in [1.165, 1.54) is 16.8 Å². The van der Waals surface area contributed by atoms with E-state index in [0.717, 1.165) is 0 Å². The van der Waals surface area contributed by atoms with Crippen molar-refractivity contribution in [3.63, 3.8) is 0 Å². The van der Waals surface area contributed by atoms with Gasteiger partial charge >= 0.3 is 5.69 Å². The molecule has 1 aromatic rings. The first-order valence-corrected chi connectivity index (χ1v) is 10.4. The van der Waals surface area contributed by atoms with Crippen molar-refractivity contribution in [2.24, 2.45) is 5.11 Å². The van der Waals surface area contributed by atoms with Crippen LogP contribution in [0.1, 0.15) is 18.2 Å². The second-order valence-corrected chi connectivity index (χ2v) is 8.73. The van der Waals surface area contributed by atoms with Crippen molar-refractivity contribution in [3.8, 4) is 0 Å². The van der Waals surface area contributed by atoms with Crippen LogP contribution in [0.4, 0.5) is 0 Å². The lowest BCUT2D eigenvalue weighted by atomic mass is 10.1. The van der Waals surface area contributed by atoms with E-state index in [-0.39, 0.29) is 25.2 Å². The molecule has 148 valence electrons. The summed E-state index contributed by atoms with van der Waals surface area (Å²) in [7, 11) is -3.32. The Morgan fingerprint density at radius 3 is 3.04 bits per heavy atom. The summed E-state index contributed by atoms with van der Waals surface area (Å²) in [5.41, 5.74) is 7.71. The van der Waals surface area contributed by atoms with Gasteiger partial charge in [0.15, 0.2) is 0 Å². The third-order valence-corrected chi connectivity index (χ3v) is 6.43. The Labute approximate surface area is 159 Å². The molecule has 0 bridgehead atoms.